The summed E-state index contributed by atoms with van der Waals surface area (Å²) < 4.78 is 0. The van der Waals surface area contributed by atoms with E-state index in [1.54, 1.807) is 13.8 Å². The highest BCUT2D eigenvalue weighted by atomic mass is 16.2. The molecule has 0 amide bonds. The summed E-state index contributed by atoms with van der Waals surface area (Å²) in [6, 6.07) is 0. The molecule has 0 aromatic rings. The first-order valence-electron chi connectivity index (χ1n) is 4.03. The van der Waals surface area contributed by atoms with Crippen LogP contribution in [0.3, 0.4) is 0 Å². The smallest absolute Gasteiger partial charge is 0.145 e. The molecule has 1 atom stereocenters. The third-order valence-corrected chi connectivity index (χ3v) is 2.42. The Labute approximate surface area is 68.0 Å². The van der Waals surface area contributed by atoms with E-state index in [9.17, 15) is 9.59 Å². The topological polar surface area (TPSA) is 34.1 Å². The molecule has 0 N–H and O–H groups in total. The molecule has 0 aliphatic rings. The molecule has 2 nitrogen and oxygen atoms in total. The minimum Gasteiger partial charge on any atom is -0.299 e. The van der Waals surface area contributed by atoms with Gasteiger partial charge in [0.05, 0.1) is 5.41 Å². The van der Waals surface area contributed by atoms with Crippen molar-refractivity contribution < 1.29 is 9.59 Å². The number of Topliss-reactive ketones (excluding diaryl/α,β-unsaturated/α-hetero) is 2. The minimum absolute atomic E-state index is 0.0214. The van der Waals surface area contributed by atoms with Gasteiger partial charge >= 0.3 is 0 Å². The summed E-state index contributed by atoms with van der Waals surface area (Å²) in [5, 5.41) is 0. The minimum atomic E-state index is -0.727. The van der Waals surface area contributed by atoms with Crippen molar-refractivity contribution >= 4 is 11.6 Å². The SMILES string of the molecule is CCC(=O)C(C)(CC)C(C)=O. The Morgan fingerprint density at radius 1 is 1.27 bits per heavy atom. The molecule has 0 radical (unpaired) electrons. The van der Waals surface area contributed by atoms with Gasteiger partial charge < -0.3 is 0 Å². The van der Waals surface area contributed by atoms with E-state index < -0.39 is 5.41 Å². The molecule has 0 spiro atoms. The van der Waals surface area contributed by atoms with E-state index in [1.807, 2.05) is 6.92 Å². The van der Waals surface area contributed by atoms with E-state index in [0.717, 1.165) is 0 Å². The van der Waals surface area contributed by atoms with E-state index in [-0.39, 0.29) is 11.6 Å². The molecular weight excluding hydrogens is 140 g/mol. The van der Waals surface area contributed by atoms with Crippen molar-refractivity contribution in [3.8, 4) is 0 Å². The average Bonchev–Trinajstić information content (AvgIpc) is 2.01. The lowest BCUT2D eigenvalue weighted by Crippen LogP contribution is -2.33. The molecule has 0 bridgehead atoms. The van der Waals surface area contributed by atoms with Crippen LogP contribution < -0.4 is 0 Å². The number of hydrogen-bond acceptors (Lipinski definition) is 2. The zero-order valence-electron chi connectivity index (χ0n) is 7.73. The first-order chi connectivity index (χ1) is 4.99. The van der Waals surface area contributed by atoms with Gasteiger partial charge in [0.1, 0.15) is 11.6 Å². The van der Waals surface area contributed by atoms with Crippen molar-refractivity contribution in [2.24, 2.45) is 5.41 Å². The molecule has 0 fully saturated rings. The average molecular weight is 156 g/mol. The Morgan fingerprint density at radius 2 is 1.73 bits per heavy atom. The zero-order valence-corrected chi connectivity index (χ0v) is 7.73. The number of carbonyl (C=O) groups excluding carboxylic acids is 2. The first-order valence-corrected chi connectivity index (χ1v) is 4.03. The van der Waals surface area contributed by atoms with Gasteiger partial charge in [0.2, 0.25) is 0 Å². The maximum Gasteiger partial charge on any atom is 0.145 e. The molecule has 1 unspecified atom stereocenters. The van der Waals surface area contributed by atoms with Gasteiger partial charge in [-0.2, -0.15) is 0 Å². The van der Waals surface area contributed by atoms with Crippen molar-refractivity contribution in [3.05, 3.63) is 0 Å². The van der Waals surface area contributed by atoms with Crippen LogP contribution in [0.2, 0.25) is 0 Å². The number of carbonyl (C=O) groups is 2. The molecule has 0 aromatic carbocycles. The summed E-state index contributed by atoms with van der Waals surface area (Å²) in [7, 11) is 0. The Hall–Kier alpha value is -0.660. The normalized spacial score (nSPS) is 15.6. The molecule has 0 saturated carbocycles. The first kappa shape index (κ1) is 10.3. The molecule has 64 valence electrons. The summed E-state index contributed by atoms with van der Waals surface area (Å²) in [6.07, 6.45) is 1.05. The molecule has 0 rings (SSSR count). The summed E-state index contributed by atoms with van der Waals surface area (Å²) in [5.74, 6) is 0.0272. The van der Waals surface area contributed by atoms with Gasteiger partial charge in [0.25, 0.3) is 0 Å². The van der Waals surface area contributed by atoms with E-state index in [4.69, 9.17) is 0 Å². The highest BCUT2D eigenvalue weighted by molar-refractivity contribution is 6.05. The van der Waals surface area contributed by atoms with Gasteiger partial charge in [0, 0.05) is 6.42 Å². The van der Waals surface area contributed by atoms with Crippen LogP contribution in [0.4, 0.5) is 0 Å². The zero-order chi connectivity index (χ0) is 9.07. The molecule has 2 heteroatoms. The second-order valence-corrected chi connectivity index (χ2v) is 3.02. The van der Waals surface area contributed by atoms with Crippen molar-refractivity contribution in [2.75, 3.05) is 0 Å². The van der Waals surface area contributed by atoms with Crippen LogP contribution in [0.15, 0.2) is 0 Å². The molecule has 0 aromatic heterocycles. The van der Waals surface area contributed by atoms with Crippen molar-refractivity contribution in [1.82, 2.24) is 0 Å². The summed E-state index contributed by atoms with van der Waals surface area (Å²) in [5.41, 5.74) is -0.727. The standard InChI is InChI=1S/C9H16O2/c1-5-8(11)9(4,6-2)7(3)10/h5-6H2,1-4H3. The predicted octanol–water partition coefficient (Wildman–Crippen LogP) is 1.97. The Bertz CT molecular complexity index is 172. The summed E-state index contributed by atoms with van der Waals surface area (Å²) in [4.78, 5) is 22.4. The highest BCUT2D eigenvalue weighted by Crippen LogP contribution is 2.24. The van der Waals surface area contributed by atoms with Crippen LogP contribution in [-0.2, 0) is 9.59 Å². The molecule has 11 heavy (non-hydrogen) atoms. The van der Waals surface area contributed by atoms with Gasteiger partial charge in [0.15, 0.2) is 0 Å². The van der Waals surface area contributed by atoms with Gasteiger partial charge in [-0.1, -0.05) is 13.8 Å². The fourth-order valence-corrected chi connectivity index (χ4v) is 1.03. The number of hydrogen-bond donors (Lipinski definition) is 0. The van der Waals surface area contributed by atoms with Crippen LogP contribution in [0.5, 0.6) is 0 Å². The largest absolute Gasteiger partial charge is 0.299 e. The summed E-state index contributed by atoms with van der Waals surface area (Å²) >= 11 is 0. The van der Waals surface area contributed by atoms with Gasteiger partial charge in [-0.05, 0) is 20.3 Å². The van der Waals surface area contributed by atoms with Crippen LogP contribution in [-0.4, -0.2) is 11.6 Å². The second kappa shape index (κ2) is 3.65. The third kappa shape index (κ3) is 1.88. The lowest BCUT2D eigenvalue weighted by molar-refractivity contribution is -0.138. The lowest BCUT2D eigenvalue weighted by Gasteiger charge is -2.22. The molecule has 0 aliphatic heterocycles. The van der Waals surface area contributed by atoms with Gasteiger partial charge in [-0.3, -0.25) is 9.59 Å². The Balaban J connectivity index is 4.59. The number of rotatable bonds is 4. The van der Waals surface area contributed by atoms with E-state index in [2.05, 4.69) is 0 Å². The molecule has 0 saturated heterocycles. The van der Waals surface area contributed by atoms with Gasteiger partial charge in [-0.15, -0.1) is 0 Å². The van der Waals surface area contributed by atoms with Gasteiger partial charge in [-0.25, -0.2) is 0 Å². The molecule has 0 heterocycles. The molecule has 0 aliphatic carbocycles. The quantitative estimate of drug-likeness (QED) is 0.583. The maximum atomic E-state index is 11.3. The van der Waals surface area contributed by atoms with Crippen LogP contribution in [0.1, 0.15) is 40.5 Å². The van der Waals surface area contributed by atoms with Crippen LogP contribution in [0, 0.1) is 5.41 Å². The van der Waals surface area contributed by atoms with Crippen molar-refractivity contribution in [3.63, 3.8) is 0 Å². The van der Waals surface area contributed by atoms with Crippen LogP contribution >= 0.6 is 0 Å². The highest BCUT2D eigenvalue weighted by Gasteiger charge is 2.34. The monoisotopic (exact) mass is 156 g/mol. The maximum absolute atomic E-state index is 11.3. The summed E-state index contributed by atoms with van der Waals surface area (Å²) in [6.45, 7) is 6.87. The second-order valence-electron chi connectivity index (χ2n) is 3.02. The Kier molecular flexibility index (Phi) is 3.43. The van der Waals surface area contributed by atoms with E-state index in [0.29, 0.717) is 12.8 Å². The molecular formula is C9H16O2. The predicted molar refractivity (Wildman–Crippen MR) is 44.4 cm³/mol. The lowest BCUT2D eigenvalue weighted by atomic mass is 9.78. The fraction of sp³-hybridized carbons (Fsp3) is 0.778. The van der Waals surface area contributed by atoms with Crippen molar-refractivity contribution in [2.45, 2.75) is 40.5 Å². The van der Waals surface area contributed by atoms with E-state index >= 15 is 0 Å². The van der Waals surface area contributed by atoms with Crippen LogP contribution in [0.25, 0.3) is 0 Å². The van der Waals surface area contributed by atoms with Crippen molar-refractivity contribution in [1.29, 1.82) is 0 Å². The Morgan fingerprint density at radius 3 is 1.82 bits per heavy atom. The van der Waals surface area contributed by atoms with E-state index in [1.165, 1.54) is 6.92 Å². The third-order valence-electron chi connectivity index (χ3n) is 2.42. The fourth-order valence-electron chi connectivity index (χ4n) is 1.03. The number of ketones is 2.